The highest BCUT2D eigenvalue weighted by atomic mass is 32.2. The first-order valence-corrected chi connectivity index (χ1v) is 7.77. The Morgan fingerprint density at radius 1 is 1.33 bits per heavy atom. The van der Waals surface area contributed by atoms with Crippen molar-refractivity contribution in [1.82, 2.24) is 5.43 Å². The van der Waals surface area contributed by atoms with Crippen LogP contribution in [0.25, 0.3) is 0 Å². The van der Waals surface area contributed by atoms with E-state index in [4.69, 9.17) is 5.84 Å². The fraction of sp³-hybridized carbons (Fsp3) is 1.00. The van der Waals surface area contributed by atoms with Crippen molar-refractivity contribution in [1.29, 1.82) is 0 Å². The molecule has 3 N–H and O–H groups in total. The Balaban J connectivity index is 2.47. The van der Waals surface area contributed by atoms with E-state index < -0.39 is 0 Å². The second-order valence-electron chi connectivity index (χ2n) is 4.82. The molecule has 0 aromatic heterocycles. The zero-order valence-corrected chi connectivity index (χ0v) is 11.8. The summed E-state index contributed by atoms with van der Waals surface area (Å²) in [4.78, 5) is 0. The first-order chi connectivity index (χ1) is 7.04. The largest absolute Gasteiger partial charge is 0.271 e. The summed E-state index contributed by atoms with van der Waals surface area (Å²) in [6, 6.07) is 0.470. The molecule has 4 atom stereocenters. The third kappa shape index (κ3) is 4.17. The molecule has 1 aliphatic heterocycles. The summed E-state index contributed by atoms with van der Waals surface area (Å²) in [5.41, 5.74) is 3.00. The third-order valence-electron chi connectivity index (χ3n) is 2.96. The van der Waals surface area contributed by atoms with E-state index in [9.17, 15) is 0 Å². The molecule has 0 spiro atoms. The van der Waals surface area contributed by atoms with Crippen LogP contribution in [0.5, 0.6) is 0 Å². The van der Waals surface area contributed by atoms with Crippen molar-refractivity contribution in [2.75, 3.05) is 5.75 Å². The Morgan fingerprint density at radius 2 is 2.00 bits per heavy atom. The Bertz CT molecular complexity index is 187. The molecule has 0 saturated carbocycles. The van der Waals surface area contributed by atoms with Gasteiger partial charge in [-0.2, -0.15) is 23.5 Å². The van der Waals surface area contributed by atoms with Crippen molar-refractivity contribution in [2.45, 2.75) is 55.9 Å². The Morgan fingerprint density at radius 3 is 2.47 bits per heavy atom. The summed E-state index contributed by atoms with van der Waals surface area (Å²) in [5.74, 6) is 7.61. The van der Waals surface area contributed by atoms with Gasteiger partial charge in [-0.05, 0) is 12.3 Å². The third-order valence-corrected chi connectivity index (χ3v) is 6.51. The van der Waals surface area contributed by atoms with Gasteiger partial charge in [0.25, 0.3) is 0 Å². The monoisotopic (exact) mass is 248 g/mol. The van der Waals surface area contributed by atoms with Gasteiger partial charge in [0, 0.05) is 27.5 Å². The van der Waals surface area contributed by atoms with Crippen molar-refractivity contribution in [3.63, 3.8) is 0 Å². The summed E-state index contributed by atoms with van der Waals surface area (Å²) in [6.07, 6.45) is 1.18. The van der Waals surface area contributed by atoms with Gasteiger partial charge < -0.3 is 0 Å². The lowest BCUT2D eigenvalue weighted by molar-refractivity contribution is 0.423. The minimum absolute atomic E-state index is 0.470. The molecule has 90 valence electrons. The van der Waals surface area contributed by atoms with E-state index in [1.807, 2.05) is 0 Å². The van der Waals surface area contributed by atoms with E-state index >= 15 is 0 Å². The van der Waals surface area contributed by atoms with Gasteiger partial charge in [0.1, 0.15) is 0 Å². The topological polar surface area (TPSA) is 38.0 Å². The fourth-order valence-corrected chi connectivity index (χ4v) is 4.98. The molecule has 1 aliphatic rings. The molecule has 0 radical (unpaired) electrons. The molecule has 4 unspecified atom stereocenters. The normalized spacial score (nSPS) is 34.4. The molecule has 0 aliphatic carbocycles. The van der Waals surface area contributed by atoms with Crippen molar-refractivity contribution >= 4 is 23.5 Å². The maximum atomic E-state index is 5.66. The summed E-state index contributed by atoms with van der Waals surface area (Å²) < 4.78 is 0. The molecule has 0 aromatic carbocycles. The Kier molecular flexibility index (Phi) is 5.82. The number of rotatable bonds is 4. The number of hydrogen-bond acceptors (Lipinski definition) is 4. The van der Waals surface area contributed by atoms with Crippen molar-refractivity contribution < 1.29 is 0 Å². The van der Waals surface area contributed by atoms with Crippen LogP contribution in [0, 0.1) is 5.92 Å². The number of hydrazine groups is 1. The minimum atomic E-state index is 0.470. The highest BCUT2D eigenvalue weighted by Crippen LogP contribution is 2.37. The second-order valence-corrected chi connectivity index (χ2v) is 7.85. The highest BCUT2D eigenvalue weighted by molar-refractivity contribution is 8.07. The molecular weight excluding hydrogens is 224 g/mol. The molecular formula is C11H24N2S2. The van der Waals surface area contributed by atoms with Gasteiger partial charge in [-0.1, -0.05) is 27.7 Å². The summed E-state index contributed by atoms with van der Waals surface area (Å²) in [7, 11) is 0. The maximum absolute atomic E-state index is 5.66. The average Bonchev–Trinajstić information content (AvgIpc) is 2.18. The second kappa shape index (κ2) is 6.38. The molecule has 1 rings (SSSR count). The molecule has 0 bridgehead atoms. The average molecular weight is 248 g/mol. The van der Waals surface area contributed by atoms with Crippen LogP contribution >= 0.6 is 23.5 Å². The van der Waals surface area contributed by atoms with Crippen LogP contribution in [0.3, 0.4) is 0 Å². The zero-order chi connectivity index (χ0) is 11.4. The van der Waals surface area contributed by atoms with Crippen LogP contribution < -0.4 is 11.3 Å². The van der Waals surface area contributed by atoms with Crippen molar-refractivity contribution in [3.8, 4) is 0 Å². The van der Waals surface area contributed by atoms with Crippen LogP contribution in [0.4, 0.5) is 0 Å². The number of nitrogens with one attached hydrogen (secondary N) is 1. The molecule has 0 aromatic rings. The summed E-state index contributed by atoms with van der Waals surface area (Å²) >= 11 is 4.19. The highest BCUT2D eigenvalue weighted by Gasteiger charge is 2.30. The molecule has 4 heteroatoms. The molecule has 1 heterocycles. The predicted molar refractivity (Wildman–Crippen MR) is 73.3 cm³/mol. The van der Waals surface area contributed by atoms with Gasteiger partial charge in [0.15, 0.2) is 0 Å². The summed E-state index contributed by atoms with van der Waals surface area (Å²) in [5, 5.41) is 2.20. The minimum Gasteiger partial charge on any atom is -0.271 e. The van der Waals surface area contributed by atoms with Crippen LogP contribution in [0.15, 0.2) is 0 Å². The lowest BCUT2D eigenvalue weighted by Crippen LogP contribution is -2.47. The quantitative estimate of drug-likeness (QED) is 0.592. The van der Waals surface area contributed by atoms with Gasteiger partial charge in [-0.15, -0.1) is 0 Å². The first-order valence-electron chi connectivity index (χ1n) is 5.77. The van der Waals surface area contributed by atoms with Crippen LogP contribution in [-0.2, 0) is 0 Å². The van der Waals surface area contributed by atoms with Crippen molar-refractivity contribution in [2.24, 2.45) is 11.8 Å². The van der Waals surface area contributed by atoms with E-state index in [1.54, 1.807) is 0 Å². The van der Waals surface area contributed by atoms with Crippen LogP contribution in [0.2, 0.25) is 0 Å². The SMILES string of the molecule is CC(C)CC(NN)C1CSC(C)C(C)S1. The van der Waals surface area contributed by atoms with E-state index in [0.29, 0.717) is 17.2 Å². The molecule has 1 fully saturated rings. The predicted octanol–water partition coefficient (Wildman–Crippen LogP) is 2.49. The standard InChI is InChI=1S/C11H24N2S2/c1-7(2)5-10(13-12)11-6-14-8(3)9(4)15-11/h7-11,13H,5-6,12H2,1-4H3. The van der Waals surface area contributed by atoms with Gasteiger partial charge in [-0.25, -0.2) is 0 Å². The Hall–Kier alpha value is 0.620. The maximum Gasteiger partial charge on any atom is 0.0339 e. The van der Waals surface area contributed by atoms with E-state index in [1.165, 1.54) is 12.2 Å². The number of thioether (sulfide) groups is 2. The van der Waals surface area contributed by atoms with Crippen molar-refractivity contribution in [3.05, 3.63) is 0 Å². The van der Waals surface area contributed by atoms with Gasteiger partial charge in [0.2, 0.25) is 0 Å². The number of hydrogen-bond donors (Lipinski definition) is 2. The van der Waals surface area contributed by atoms with Gasteiger partial charge in [0.05, 0.1) is 0 Å². The molecule has 2 nitrogen and oxygen atoms in total. The van der Waals surface area contributed by atoms with E-state index in [2.05, 4.69) is 56.6 Å². The molecule has 15 heavy (non-hydrogen) atoms. The Labute approximate surface area is 102 Å². The zero-order valence-electron chi connectivity index (χ0n) is 10.2. The number of nitrogens with two attached hydrogens (primary N) is 1. The lowest BCUT2D eigenvalue weighted by Gasteiger charge is -2.36. The van der Waals surface area contributed by atoms with Crippen LogP contribution in [-0.4, -0.2) is 27.5 Å². The smallest absolute Gasteiger partial charge is 0.0339 e. The van der Waals surface area contributed by atoms with Crippen LogP contribution in [0.1, 0.15) is 34.1 Å². The van der Waals surface area contributed by atoms with E-state index in [0.717, 1.165) is 10.5 Å². The summed E-state index contributed by atoms with van der Waals surface area (Å²) in [6.45, 7) is 9.18. The first kappa shape index (κ1) is 13.7. The lowest BCUT2D eigenvalue weighted by atomic mass is 10.0. The molecule has 0 amide bonds. The molecule has 1 saturated heterocycles. The van der Waals surface area contributed by atoms with Gasteiger partial charge >= 0.3 is 0 Å². The van der Waals surface area contributed by atoms with Gasteiger partial charge in [-0.3, -0.25) is 11.3 Å². The fourth-order valence-electron chi connectivity index (χ4n) is 1.85. The van der Waals surface area contributed by atoms with E-state index in [-0.39, 0.29) is 0 Å².